The van der Waals surface area contributed by atoms with Crippen molar-refractivity contribution in [3.05, 3.63) is 71.9 Å². The fourth-order valence-electron chi connectivity index (χ4n) is 3.56. The van der Waals surface area contributed by atoms with Crippen LogP contribution >= 0.6 is 0 Å². The minimum absolute atomic E-state index is 0.238. The van der Waals surface area contributed by atoms with Crippen LogP contribution in [0.4, 0.5) is 0 Å². The summed E-state index contributed by atoms with van der Waals surface area (Å²) < 4.78 is 0. The Balaban J connectivity index is 0.000000206. The van der Waals surface area contributed by atoms with E-state index in [0.717, 1.165) is 23.4 Å². The molecule has 3 aromatic rings. The molecule has 0 aliphatic heterocycles. The predicted octanol–water partition coefficient (Wildman–Crippen LogP) is 6.51. The van der Waals surface area contributed by atoms with Crippen LogP contribution in [0.25, 0.3) is 10.9 Å². The zero-order valence-electron chi connectivity index (χ0n) is 15.7. The van der Waals surface area contributed by atoms with E-state index in [4.69, 9.17) is 0 Å². The fourth-order valence-corrected chi connectivity index (χ4v) is 3.56. The van der Waals surface area contributed by atoms with Crippen molar-refractivity contribution >= 4 is 10.9 Å². The summed E-state index contributed by atoms with van der Waals surface area (Å²) >= 11 is 0. The first kappa shape index (κ1) is 18.4. The smallest absolute Gasteiger partial charge is 0.141 e. The number of phenolic OH excluding ortho intramolecular Hbond substituents is 1. The normalized spacial score (nSPS) is 15.1. The van der Waals surface area contributed by atoms with E-state index in [9.17, 15) is 5.11 Å². The van der Waals surface area contributed by atoms with Gasteiger partial charge in [-0.3, -0.25) is 0 Å². The average molecular weight is 348 g/mol. The number of rotatable bonds is 2. The number of phenols is 1. The lowest BCUT2D eigenvalue weighted by atomic mass is 10.0. The largest absolute Gasteiger partial charge is 0.506 e. The van der Waals surface area contributed by atoms with Gasteiger partial charge in [0.1, 0.15) is 11.3 Å². The van der Waals surface area contributed by atoms with Crippen LogP contribution in [0.1, 0.15) is 56.7 Å². The molecule has 1 fully saturated rings. The van der Waals surface area contributed by atoms with E-state index in [-0.39, 0.29) is 5.75 Å². The van der Waals surface area contributed by atoms with Crippen LogP contribution in [-0.2, 0) is 6.42 Å². The minimum Gasteiger partial charge on any atom is -0.506 e. The van der Waals surface area contributed by atoms with Crippen LogP contribution in [0.2, 0.25) is 0 Å². The van der Waals surface area contributed by atoms with E-state index >= 15 is 0 Å². The first-order chi connectivity index (χ1) is 12.7. The highest BCUT2D eigenvalue weighted by molar-refractivity contribution is 5.84. The highest BCUT2D eigenvalue weighted by Gasteiger charge is 2.05. The summed E-state index contributed by atoms with van der Waals surface area (Å²) in [5.74, 6) is 1.26. The van der Waals surface area contributed by atoms with Gasteiger partial charge in [-0.2, -0.15) is 0 Å². The van der Waals surface area contributed by atoms with Gasteiger partial charge in [-0.05, 0) is 23.6 Å². The van der Waals surface area contributed by atoms with Crippen LogP contribution in [0.3, 0.4) is 0 Å². The van der Waals surface area contributed by atoms with Gasteiger partial charge in [-0.25, -0.2) is 4.98 Å². The van der Waals surface area contributed by atoms with Gasteiger partial charge < -0.3 is 5.11 Å². The van der Waals surface area contributed by atoms with Crippen molar-refractivity contribution in [2.75, 3.05) is 0 Å². The summed E-state index contributed by atoms with van der Waals surface area (Å²) in [6, 6.07) is 19.7. The first-order valence-corrected chi connectivity index (χ1v) is 9.84. The molecule has 0 amide bonds. The van der Waals surface area contributed by atoms with Gasteiger partial charge >= 0.3 is 0 Å². The highest BCUT2D eigenvalue weighted by Crippen LogP contribution is 2.23. The number of fused-ring (bicyclic) bond motifs is 1. The van der Waals surface area contributed by atoms with Gasteiger partial charge in [0.2, 0.25) is 0 Å². The molecule has 1 aliphatic carbocycles. The molecule has 4 rings (SSSR count). The van der Waals surface area contributed by atoms with Crippen LogP contribution in [0.5, 0.6) is 5.75 Å². The molecule has 0 atom stereocenters. The number of aromatic hydroxyl groups is 1. The molecule has 1 aromatic heterocycles. The third-order valence-electron chi connectivity index (χ3n) is 5.13. The molecule has 0 saturated heterocycles. The molecule has 0 spiro atoms. The standard InChI is InChI=1S/C16H13NO.C8H16/c18-15-8-4-7-13-9-10-14(17-16(13)15)11-12-5-2-1-3-6-12;1-8-6-4-2-3-5-7-8/h1-10,18H,11H2;8H,2-7H2,1H3. The van der Waals surface area contributed by atoms with Gasteiger partial charge in [-0.1, -0.05) is 94.0 Å². The Morgan fingerprint density at radius 2 is 1.58 bits per heavy atom. The van der Waals surface area contributed by atoms with Crippen molar-refractivity contribution < 1.29 is 5.11 Å². The monoisotopic (exact) mass is 347 g/mol. The van der Waals surface area contributed by atoms with E-state index in [1.165, 1.54) is 44.1 Å². The van der Waals surface area contributed by atoms with E-state index < -0.39 is 0 Å². The maximum atomic E-state index is 9.80. The fraction of sp³-hybridized carbons (Fsp3) is 0.375. The Morgan fingerprint density at radius 3 is 2.31 bits per heavy atom. The molecule has 136 valence electrons. The Bertz CT molecular complexity index is 805. The van der Waals surface area contributed by atoms with Crippen molar-refractivity contribution in [3.8, 4) is 5.75 Å². The average Bonchev–Trinajstić information content (AvgIpc) is 2.91. The Kier molecular flexibility index (Phi) is 6.65. The van der Waals surface area contributed by atoms with Crippen molar-refractivity contribution in [3.63, 3.8) is 0 Å². The molecule has 26 heavy (non-hydrogen) atoms. The maximum absolute atomic E-state index is 9.80. The van der Waals surface area contributed by atoms with E-state index in [1.807, 2.05) is 42.5 Å². The molecule has 1 saturated carbocycles. The quantitative estimate of drug-likeness (QED) is 0.536. The molecular formula is C24H29NO. The molecule has 2 heteroatoms. The molecule has 1 heterocycles. The van der Waals surface area contributed by atoms with Crippen molar-refractivity contribution in [2.24, 2.45) is 5.92 Å². The van der Waals surface area contributed by atoms with Crippen molar-refractivity contribution in [2.45, 2.75) is 51.9 Å². The lowest BCUT2D eigenvalue weighted by Crippen LogP contribution is -1.92. The molecule has 2 nitrogen and oxygen atoms in total. The summed E-state index contributed by atoms with van der Waals surface area (Å²) in [7, 11) is 0. The zero-order valence-corrected chi connectivity index (χ0v) is 15.7. The topological polar surface area (TPSA) is 33.1 Å². The van der Waals surface area contributed by atoms with Crippen LogP contribution in [0, 0.1) is 5.92 Å². The highest BCUT2D eigenvalue weighted by atomic mass is 16.3. The second kappa shape index (κ2) is 9.38. The van der Waals surface area contributed by atoms with E-state index in [0.29, 0.717) is 5.52 Å². The van der Waals surface area contributed by atoms with Gasteiger partial charge in [0.15, 0.2) is 0 Å². The number of nitrogens with zero attached hydrogens (tertiary/aromatic N) is 1. The molecule has 0 radical (unpaired) electrons. The lowest BCUT2D eigenvalue weighted by Gasteiger charge is -2.04. The Labute approximate surface area is 156 Å². The predicted molar refractivity (Wildman–Crippen MR) is 110 cm³/mol. The molecule has 1 aliphatic rings. The molecular weight excluding hydrogens is 318 g/mol. The number of aromatic nitrogens is 1. The first-order valence-electron chi connectivity index (χ1n) is 9.84. The second-order valence-corrected chi connectivity index (χ2v) is 7.41. The zero-order chi connectivity index (χ0) is 18.2. The van der Waals surface area contributed by atoms with Crippen LogP contribution < -0.4 is 0 Å². The van der Waals surface area contributed by atoms with Gasteiger partial charge in [0, 0.05) is 17.5 Å². The van der Waals surface area contributed by atoms with Crippen LogP contribution in [-0.4, -0.2) is 10.1 Å². The van der Waals surface area contributed by atoms with E-state index in [1.54, 1.807) is 6.07 Å². The maximum Gasteiger partial charge on any atom is 0.141 e. The van der Waals surface area contributed by atoms with Crippen LogP contribution in [0.15, 0.2) is 60.7 Å². The SMILES string of the molecule is CC1CCCCCC1.Oc1cccc2ccc(Cc3ccccc3)nc12. The van der Waals surface area contributed by atoms with Crippen molar-refractivity contribution in [1.29, 1.82) is 0 Å². The number of para-hydroxylation sites is 1. The van der Waals surface area contributed by atoms with Gasteiger partial charge in [-0.15, -0.1) is 0 Å². The second-order valence-electron chi connectivity index (χ2n) is 7.41. The molecule has 2 aromatic carbocycles. The van der Waals surface area contributed by atoms with E-state index in [2.05, 4.69) is 24.0 Å². The Hall–Kier alpha value is -2.35. The Morgan fingerprint density at radius 1 is 0.846 bits per heavy atom. The van der Waals surface area contributed by atoms with Crippen molar-refractivity contribution in [1.82, 2.24) is 4.98 Å². The molecule has 1 N–H and O–H groups in total. The number of pyridine rings is 1. The number of hydrogen-bond acceptors (Lipinski definition) is 2. The lowest BCUT2D eigenvalue weighted by molar-refractivity contribution is 0.480. The summed E-state index contributed by atoms with van der Waals surface area (Å²) in [4.78, 5) is 4.52. The number of hydrogen-bond donors (Lipinski definition) is 1. The molecule has 0 unspecified atom stereocenters. The summed E-state index contributed by atoms with van der Waals surface area (Å²) in [6.45, 7) is 2.38. The summed E-state index contributed by atoms with van der Waals surface area (Å²) in [6.07, 6.45) is 9.71. The summed E-state index contributed by atoms with van der Waals surface area (Å²) in [5, 5.41) is 10.8. The minimum atomic E-state index is 0.238. The number of benzene rings is 2. The van der Waals surface area contributed by atoms with Gasteiger partial charge in [0.05, 0.1) is 0 Å². The third kappa shape index (κ3) is 5.32. The molecule has 0 bridgehead atoms. The van der Waals surface area contributed by atoms with Gasteiger partial charge in [0.25, 0.3) is 0 Å². The summed E-state index contributed by atoms with van der Waals surface area (Å²) in [5.41, 5.74) is 2.86. The third-order valence-corrected chi connectivity index (χ3v) is 5.13.